The molecule has 0 aromatic carbocycles. The van der Waals surface area contributed by atoms with Crippen LogP contribution in [0, 0.1) is 62.1 Å². The van der Waals surface area contributed by atoms with Crippen LogP contribution in [0.15, 0.2) is 35.5 Å². The fourth-order valence-electron chi connectivity index (χ4n) is 15.4. The summed E-state index contributed by atoms with van der Waals surface area (Å²) < 4.78 is 38.1. The topological polar surface area (TPSA) is 86.7 Å². The highest BCUT2D eigenvalue weighted by Gasteiger charge is 2.70. The van der Waals surface area contributed by atoms with E-state index >= 15 is 0 Å². The highest BCUT2D eigenvalue weighted by Crippen LogP contribution is 2.77. The summed E-state index contributed by atoms with van der Waals surface area (Å²) >= 11 is 0. The minimum atomic E-state index is -2.95. The zero-order valence-corrected chi connectivity index (χ0v) is 35.7. The highest BCUT2D eigenvalue weighted by molar-refractivity contribution is 7.91. The lowest BCUT2D eigenvalue weighted by Gasteiger charge is -2.72. The first-order chi connectivity index (χ1) is 25.3. The summed E-state index contributed by atoms with van der Waals surface area (Å²) in [5.41, 5.74) is 3.90. The molecule has 0 aromatic rings. The van der Waals surface area contributed by atoms with Crippen LogP contribution < -0.4 is 5.32 Å². The minimum absolute atomic E-state index is 0.00957. The predicted molar refractivity (Wildman–Crippen MR) is 218 cm³/mol. The second-order valence-corrected chi connectivity index (χ2v) is 23.6. The molecule has 0 amide bonds. The molecule has 1 aliphatic heterocycles. The first kappa shape index (κ1) is 40.7. The van der Waals surface area contributed by atoms with E-state index in [0.717, 1.165) is 52.0 Å². The van der Waals surface area contributed by atoms with Crippen LogP contribution in [0.1, 0.15) is 131 Å². The van der Waals surface area contributed by atoms with Crippen LogP contribution >= 0.6 is 0 Å². The van der Waals surface area contributed by atoms with Crippen molar-refractivity contribution in [3.05, 3.63) is 35.5 Å². The normalized spacial score (nSPS) is 43.9. The molecule has 0 aromatic heterocycles. The Kier molecular flexibility index (Phi) is 10.6. The number of piperidine rings is 1. The van der Waals surface area contributed by atoms with E-state index < -0.39 is 27.9 Å². The first-order valence-corrected chi connectivity index (χ1v) is 23.7. The fraction of sp³-hybridized carbons (Fsp3) is 0.848. The van der Waals surface area contributed by atoms with Gasteiger partial charge in [0.05, 0.1) is 10.7 Å². The average Bonchev–Trinajstić information content (AvgIpc) is 3.50. The van der Waals surface area contributed by atoms with Crippen molar-refractivity contribution in [2.75, 3.05) is 45.7 Å². The second kappa shape index (κ2) is 14.1. The van der Waals surface area contributed by atoms with Gasteiger partial charge in [0.15, 0.2) is 0 Å². The van der Waals surface area contributed by atoms with E-state index in [0.29, 0.717) is 54.3 Å². The molecule has 4 saturated carbocycles. The van der Waals surface area contributed by atoms with Crippen LogP contribution in [0.4, 0.5) is 4.39 Å². The van der Waals surface area contributed by atoms with E-state index in [1.165, 1.54) is 74.3 Å². The molecule has 0 radical (unpaired) electrons. The number of nitrogens with zero attached hydrogens (tertiary/aromatic N) is 1. The molecule has 0 bridgehead atoms. The number of carboxylic acids is 1. The molecule has 7 rings (SSSR count). The quantitative estimate of drug-likeness (QED) is 0.170. The zero-order valence-electron chi connectivity index (χ0n) is 34.9. The molecule has 54 heavy (non-hydrogen) atoms. The third kappa shape index (κ3) is 6.27. The summed E-state index contributed by atoms with van der Waals surface area (Å²) in [4.78, 5) is 14.5. The third-order valence-corrected chi connectivity index (χ3v) is 20.4. The lowest BCUT2D eigenvalue weighted by Crippen LogP contribution is -2.66. The van der Waals surface area contributed by atoms with Gasteiger partial charge in [0.1, 0.15) is 16.5 Å². The summed E-state index contributed by atoms with van der Waals surface area (Å²) in [6.07, 6.45) is 20.2. The van der Waals surface area contributed by atoms with Crippen molar-refractivity contribution in [2.45, 2.75) is 137 Å². The molecule has 7 aliphatic rings. The van der Waals surface area contributed by atoms with Gasteiger partial charge in [0.25, 0.3) is 0 Å². The molecule has 0 spiro atoms. The van der Waals surface area contributed by atoms with Crippen LogP contribution in [-0.2, 0) is 14.6 Å². The van der Waals surface area contributed by atoms with Crippen LogP contribution in [0.2, 0.25) is 0 Å². The number of allylic oxidation sites excluding steroid dienone is 5. The molecule has 8 heteroatoms. The molecule has 2 N–H and O–H groups in total. The number of rotatable bonds is 10. The summed E-state index contributed by atoms with van der Waals surface area (Å²) in [6.45, 7) is 23.9. The van der Waals surface area contributed by atoms with E-state index in [2.05, 4.69) is 70.5 Å². The Morgan fingerprint density at radius 3 is 2.26 bits per heavy atom. The summed E-state index contributed by atoms with van der Waals surface area (Å²) in [5, 5.41) is 13.6. The Hall–Kier alpha value is -1.51. The summed E-state index contributed by atoms with van der Waals surface area (Å²) in [6, 6.07) is 0. The van der Waals surface area contributed by atoms with Gasteiger partial charge in [0, 0.05) is 25.9 Å². The second-order valence-electron chi connectivity index (χ2n) is 21.3. The summed E-state index contributed by atoms with van der Waals surface area (Å²) in [5.74, 6) is 2.20. The number of hydrogen-bond acceptors (Lipinski definition) is 5. The van der Waals surface area contributed by atoms with Gasteiger partial charge in [-0.05, 0) is 178 Å². The standard InChI is InChI=1S/C46H73FN2O4S/c1-31(2)34-13-22-46(30-48-25-28-49-26-16-33(17-27-49)54(8,52)53)24-23-43(6)36(39(34)46)9-10-38-42(5)18-14-35(41(3,4)37(42)15-19-44(38,43)7)32-11-20-45(29-47,21-12-32)40(50)51/h11,14,33-34,36-39,48H,1,9-10,12-13,15-30H2,2-8H3,(H,50,51)/t34?,36-,37+,38-,39-,42+,43-,44-,45+,46?/m1/s1. The van der Waals surface area contributed by atoms with E-state index in [-0.39, 0.29) is 26.9 Å². The van der Waals surface area contributed by atoms with Crippen LogP contribution in [-0.4, -0.2) is 75.3 Å². The number of halogens is 1. The van der Waals surface area contributed by atoms with Gasteiger partial charge in [-0.1, -0.05) is 58.9 Å². The van der Waals surface area contributed by atoms with Gasteiger partial charge in [-0.3, -0.25) is 4.79 Å². The maximum Gasteiger partial charge on any atom is 0.312 e. The lowest BCUT2D eigenvalue weighted by atomic mass is 9.32. The van der Waals surface area contributed by atoms with Crippen LogP contribution in [0.3, 0.4) is 0 Å². The Morgan fingerprint density at radius 1 is 0.926 bits per heavy atom. The number of hydrogen-bond donors (Lipinski definition) is 2. The third-order valence-electron chi connectivity index (χ3n) is 18.7. The van der Waals surface area contributed by atoms with Gasteiger partial charge in [-0.2, -0.15) is 0 Å². The zero-order chi connectivity index (χ0) is 39.1. The molecule has 6 aliphatic carbocycles. The number of nitrogens with one attached hydrogen (secondary N) is 1. The van der Waals surface area contributed by atoms with Crippen molar-refractivity contribution in [1.82, 2.24) is 10.2 Å². The smallest absolute Gasteiger partial charge is 0.312 e. The maximum absolute atomic E-state index is 14.0. The van der Waals surface area contributed by atoms with Gasteiger partial charge in [-0.25, -0.2) is 12.8 Å². The number of sulfone groups is 1. The largest absolute Gasteiger partial charge is 0.481 e. The molecule has 6 nitrogen and oxygen atoms in total. The number of fused-ring (bicyclic) bond motifs is 7. The Bertz CT molecular complexity index is 1660. The molecular weight excluding hydrogens is 696 g/mol. The summed E-state index contributed by atoms with van der Waals surface area (Å²) in [7, 11) is -2.95. The molecule has 304 valence electrons. The fourth-order valence-corrected chi connectivity index (χ4v) is 16.5. The van der Waals surface area contributed by atoms with Crippen molar-refractivity contribution in [3.63, 3.8) is 0 Å². The van der Waals surface area contributed by atoms with E-state index in [1.807, 2.05) is 0 Å². The van der Waals surface area contributed by atoms with Gasteiger partial charge in [0.2, 0.25) is 0 Å². The lowest BCUT2D eigenvalue weighted by molar-refractivity contribution is -0.226. The van der Waals surface area contributed by atoms with Crippen molar-refractivity contribution < 1.29 is 22.7 Å². The molecule has 2 unspecified atom stereocenters. The average molecular weight is 769 g/mol. The highest BCUT2D eigenvalue weighted by atomic mass is 32.2. The monoisotopic (exact) mass is 769 g/mol. The van der Waals surface area contributed by atoms with Gasteiger partial charge < -0.3 is 15.3 Å². The van der Waals surface area contributed by atoms with Crippen molar-refractivity contribution in [3.8, 4) is 0 Å². The van der Waals surface area contributed by atoms with Gasteiger partial charge >= 0.3 is 5.97 Å². The Morgan fingerprint density at radius 2 is 1.65 bits per heavy atom. The van der Waals surface area contributed by atoms with Crippen LogP contribution in [0.5, 0.6) is 0 Å². The maximum atomic E-state index is 14.0. The van der Waals surface area contributed by atoms with Crippen molar-refractivity contribution in [1.29, 1.82) is 0 Å². The first-order valence-electron chi connectivity index (χ1n) is 21.7. The Labute approximate surface area is 327 Å². The minimum Gasteiger partial charge on any atom is -0.481 e. The van der Waals surface area contributed by atoms with E-state index in [4.69, 9.17) is 0 Å². The number of alkyl halides is 1. The molecule has 1 saturated heterocycles. The number of carbonyl (C=O) groups is 1. The molecular formula is C46H73FN2O4S. The van der Waals surface area contributed by atoms with E-state index in [1.54, 1.807) is 0 Å². The van der Waals surface area contributed by atoms with Crippen molar-refractivity contribution >= 4 is 15.8 Å². The number of likely N-dealkylation sites (tertiary alicyclic amines) is 1. The number of aliphatic carboxylic acids is 1. The number of carboxylic acid groups (broad SMARTS) is 1. The molecule has 5 fully saturated rings. The van der Waals surface area contributed by atoms with Gasteiger partial charge in [-0.15, -0.1) is 0 Å². The predicted octanol–water partition coefficient (Wildman–Crippen LogP) is 9.43. The Balaban J connectivity index is 1.08. The van der Waals surface area contributed by atoms with E-state index in [9.17, 15) is 22.7 Å². The SMILES string of the molecule is C=C(C)C1CCC2(CNCCN3CCC(S(C)(=O)=O)CC3)CC[C@]3(C)[C@H](CC[C@@H]4[C@@]5(C)CC=C(C6=CC[C@](CF)(C(=O)O)CC6)C(C)(C)[C@@H]5CC[C@]43C)[C@@H]12. The molecule has 1 heterocycles. The van der Waals surface area contributed by atoms with Crippen LogP contribution in [0.25, 0.3) is 0 Å². The van der Waals surface area contributed by atoms with Crippen molar-refractivity contribution in [2.24, 2.45) is 62.1 Å². The molecule has 10 atom stereocenters.